The number of hydrogen-bond acceptors (Lipinski definition) is 3. The quantitative estimate of drug-likeness (QED) is 0.348. The Morgan fingerprint density at radius 1 is 1.15 bits per heavy atom. The number of aldehydes is 1. The van der Waals surface area contributed by atoms with Crippen molar-refractivity contribution in [3.05, 3.63) is 62.4 Å². The van der Waals surface area contributed by atoms with Crippen molar-refractivity contribution in [2.45, 2.75) is 0 Å². The number of carbonyl (C=O) groups is 1. The lowest BCUT2D eigenvalue weighted by Gasteiger charge is -1.97. The van der Waals surface area contributed by atoms with Crippen LogP contribution in [0.15, 0.2) is 42.5 Å². The summed E-state index contributed by atoms with van der Waals surface area (Å²) in [5.41, 5.74) is 0.907. The maximum atomic E-state index is 12.4. The topological polar surface area (TPSA) is 57.5 Å². The molecule has 0 aromatic heterocycles. The van der Waals surface area contributed by atoms with E-state index in [1.165, 1.54) is 30.3 Å². The third-order valence-corrected chi connectivity index (χ3v) is 3.23. The second kappa shape index (κ2) is 8.36. The highest BCUT2D eigenvalue weighted by Crippen LogP contribution is 2.16. The van der Waals surface area contributed by atoms with Crippen molar-refractivity contribution in [1.82, 2.24) is 0 Å². The van der Waals surface area contributed by atoms with E-state index in [0.29, 0.717) is 17.3 Å². The molecule has 2 N–H and O–H groups in total. The Labute approximate surface area is 134 Å². The Balaban J connectivity index is 0.000000204. The molecule has 0 heterocycles. The molecule has 104 valence electrons. The molecule has 2 rings (SSSR count). The van der Waals surface area contributed by atoms with Crippen molar-refractivity contribution >= 4 is 53.1 Å². The summed E-state index contributed by atoms with van der Waals surface area (Å²) < 4.78 is 13.3. The van der Waals surface area contributed by atoms with Gasteiger partial charge in [0.15, 0.2) is 0 Å². The van der Waals surface area contributed by atoms with Gasteiger partial charge in [0.05, 0.1) is 5.02 Å². The van der Waals surface area contributed by atoms with Gasteiger partial charge >= 0.3 is 7.12 Å². The Bertz CT molecular complexity index is 578. The normalized spacial score (nSPS) is 9.45. The molecule has 7 heteroatoms. The predicted molar refractivity (Wildman–Crippen MR) is 85.8 cm³/mol. The SMILES string of the molecule is Fc1cc(I)ccc1Cl.O=Cc1ccc(B(O)O)cc1. The van der Waals surface area contributed by atoms with Gasteiger partial charge in [-0.15, -0.1) is 0 Å². The average molecular weight is 406 g/mol. The van der Waals surface area contributed by atoms with Crippen LogP contribution in [0.25, 0.3) is 0 Å². The van der Waals surface area contributed by atoms with Gasteiger partial charge in [-0.1, -0.05) is 35.9 Å². The second-order valence-electron chi connectivity index (χ2n) is 3.72. The fraction of sp³-hybridized carbons (Fsp3) is 0. The molecule has 0 radical (unpaired) electrons. The molecule has 0 unspecified atom stereocenters. The second-order valence-corrected chi connectivity index (χ2v) is 5.37. The Hall–Kier alpha value is -0.955. The lowest BCUT2D eigenvalue weighted by molar-refractivity contribution is 0.112. The summed E-state index contributed by atoms with van der Waals surface area (Å²) in [5.74, 6) is -0.358. The van der Waals surface area contributed by atoms with E-state index < -0.39 is 7.12 Å². The van der Waals surface area contributed by atoms with Gasteiger partial charge in [0.25, 0.3) is 0 Å². The van der Waals surface area contributed by atoms with E-state index in [1.807, 2.05) is 22.6 Å². The summed E-state index contributed by atoms with van der Waals surface area (Å²) in [7, 11) is -1.46. The van der Waals surface area contributed by atoms with Crippen LogP contribution in [0, 0.1) is 9.39 Å². The zero-order chi connectivity index (χ0) is 15.1. The standard InChI is InChI=1S/C7H7BO3.C6H3ClFI/c9-5-6-1-3-7(4-2-6)8(10)11;7-5-2-1-4(9)3-6(5)8/h1-5,10-11H;1-3H. The number of benzene rings is 2. The van der Waals surface area contributed by atoms with E-state index >= 15 is 0 Å². The lowest BCUT2D eigenvalue weighted by Crippen LogP contribution is -2.29. The molecule has 0 saturated heterocycles. The highest BCUT2D eigenvalue weighted by Gasteiger charge is 2.08. The summed E-state index contributed by atoms with van der Waals surface area (Å²) in [5, 5.41) is 17.5. The number of hydrogen-bond donors (Lipinski definition) is 2. The smallest absolute Gasteiger partial charge is 0.423 e. The number of carbonyl (C=O) groups excluding carboxylic acids is 1. The Kier molecular flexibility index (Phi) is 7.15. The molecule has 2 aromatic carbocycles. The van der Waals surface area contributed by atoms with Crippen LogP contribution in [0.5, 0.6) is 0 Å². The van der Waals surface area contributed by atoms with E-state index in [2.05, 4.69) is 0 Å². The van der Waals surface area contributed by atoms with E-state index in [4.69, 9.17) is 21.6 Å². The maximum Gasteiger partial charge on any atom is 0.488 e. The minimum Gasteiger partial charge on any atom is -0.423 e. The van der Waals surface area contributed by atoms with E-state index in [-0.39, 0.29) is 10.8 Å². The zero-order valence-electron chi connectivity index (χ0n) is 10.1. The van der Waals surface area contributed by atoms with Gasteiger partial charge in [-0.3, -0.25) is 4.79 Å². The summed E-state index contributed by atoms with van der Waals surface area (Å²) in [6.07, 6.45) is 0.702. The Morgan fingerprint density at radius 2 is 1.75 bits per heavy atom. The van der Waals surface area contributed by atoms with Crippen LogP contribution >= 0.6 is 34.2 Å². The third-order valence-electron chi connectivity index (χ3n) is 2.25. The molecule has 2 aromatic rings. The molecule has 3 nitrogen and oxygen atoms in total. The fourth-order valence-corrected chi connectivity index (χ4v) is 1.79. The highest BCUT2D eigenvalue weighted by molar-refractivity contribution is 14.1. The summed E-state index contributed by atoms with van der Waals surface area (Å²) >= 11 is 7.43. The summed E-state index contributed by atoms with van der Waals surface area (Å²) in [6, 6.07) is 10.7. The molecular weight excluding hydrogens is 396 g/mol. The summed E-state index contributed by atoms with van der Waals surface area (Å²) in [6.45, 7) is 0. The first-order chi connectivity index (χ1) is 9.43. The van der Waals surface area contributed by atoms with E-state index in [0.717, 1.165) is 3.57 Å². The van der Waals surface area contributed by atoms with Gasteiger partial charge < -0.3 is 10.0 Å². The van der Waals surface area contributed by atoms with Gasteiger partial charge in [-0.05, 0) is 46.3 Å². The van der Waals surface area contributed by atoms with Crippen molar-refractivity contribution in [3.63, 3.8) is 0 Å². The van der Waals surface area contributed by atoms with Crippen LogP contribution in [-0.4, -0.2) is 23.5 Å². The van der Waals surface area contributed by atoms with Gasteiger partial charge in [-0.2, -0.15) is 0 Å². The molecule has 0 atom stereocenters. The molecule has 0 saturated carbocycles. The molecule has 20 heavy (non-hydrogen) atoms. The minimum absolute atomic E-state index is 0.176. The predicted octanol–water partition coefficient (Wildman–Crippen LogP) is 2.26. The van der Waals surface area contributed by atoms with Gasteiger partial charge in [0.1, 0.15) is 12.1 Å². The molecule has 0 aliphatic rings. The van der Waals surface area contributed by atoms with Crippen molar-refractivity contribution in [1.29, 1.82) is 0 Å². The van der Waals surface area contributed by atoms with Gasteiger partial charge in [0.2, 0.25) is 0 Å². The van der Waals surface area contributed by atoms with Crippen LogP contribution in [-0.2, 0) is 0 Å². The van der Waals surface area contributed by atoms with Gasteiger partial charge in [0, 0.05) is 9.13 Å². The van der Waals surface area contributed by atoms with Crippen molar-refractivity contribution in [3.8, 4) is 0 Å². The fourth-order valence-electron chi connectivity index (χ4n) is 1.22. The average Bonchev–Trinajstić information content (AvgIpc) is 2.44. The van der Waals surface area contributed by atoms with Crippen LogP contribution in [0.2, 0.25) is 5.02 Å². The molecule has 0 bridgehead atoms. The van der Waals surface area contributed by atoms with Crippen LogP contribution in [0.3, 0.4) is 0 Å². The monoisotopic (exact) mass is 406 g/mol. The number of halogens is 3. The molecule has 0 aliphatic carbocycles. The van der Waals surface area contributed by atoms with E-state index in [9.17, 15) is 9.18 Å². The first-order valence-electron chi connectivity index (χ1n) is 5.46. The molecule has 0 aliphatic heterocycles. The first kappa shape index (κ1) is 17.1. The Morgan fingerprint density at radius 3 is 2.15 bits per heavy atom. The maximum absolute atomic E-state index is 12.4. The van der Waals surface area contributed by atoms with Crippen molar-refractivity contribution in [2.75, 3.05) is 0 Å². The lowest BCUT2D eigenvalue weighted by atomic mass is 9.80. The molecular formula is C13H10BClFIO3. The molecule has 0 spiro atoms. The first-order valence-corrected chi connectivity index (χ1v) is 6.91. The third kappa shape index (κ3) is 5.58. The van der Waals surface area contributed by atoms with Crippen molar-refractivity contribution < 1.29 is 19.2 Å². The largest absolute Gasteiger partial charge is 0.488 e. The van der Waals surface area contributed by atoms with Crippen LogP contribution < -0.4 is 5.46 Å². The van der Waals surface area contributed by atoms with E-state index in [1.54, 1.807) is 12.1 Å². The van der Waals surface area contributed by atoms with Crippen molar-refractivity contribution in [2.24, 2.45) is 0 Å². The zero-order valence-corrected chi connectivity index (χ0v) is 13.0. The van der Waals surface area contributed by atoms with Crippen LogP contribution in [0.4, 0.5) is 4.39 Å². The highest BCUT2D eigenvalue weighted by atomic mass is 127. The molecule has 0 amide bonds. The molecule has 0 fully saturated rings. The summed E-state index contributed by atoms with van der Waals surface area (Å²) in [4.78, 5) is 10.2. The van der Waals surface area contributed by atoms with Crippen LogP contribution in [0.1, 0.15) is 10.4 Å². The number of rotatable bonds is 2. The van der Waals surface area contributed by atoms with Gasteiger partial charge in [-0.25, -0.2) is 4.39 Å². The minimum atomic E-state index is -1.46.